The van der Waals surface area contributed by atoms with E-state index in [2.05, 4.69) is 4.98 Å². The molecule has 2 bridgehead atoms. The lowest BCUT2D eigenvalue weighted by atomic mass is 9.81. The maximum atomic E-state index is 14.1. The van der Waals surface area contributed by atoms with Crippen molar-refractivity contribution >= 4 is 17.4 Å². The van der Waals surface area contributed by atoms with Crippen LogP contribution in [0.15, 0.2) is 30.5 Å². The topological polar surface area (TPSA) is 68.7 Å². The standard InChI is InChI=1S/C22H21ClFNO4/c1-2-10-3-4-12(28-22-14(24)7-11(23)9-25-22)8-13(10)17-20(26)18-15-5-6-16(29-15)19(18)21(17)27/h3-4,7-9,15-20,26H,2,5-6H2,1H3. The summed E-state index contributed by atoms with van der Waals surface area (Å²) in [4.78, 5) is 17.1. The normalized spacial score (nSPS) is 32.6. The van der Waals surface area contributed by atoms with E-state index in [4.69, 9.17) is 21.1 Å². The average Bonchev–Trinajstić information content (AvgIpc) is 3.38. The third kappa shape index (κ3) is 2.97. The maximum absolute atomic E-state index is 14.1. The molecule has 1 N–H and O–H groups in total. The predicted octanol–water partition coefficient (Wildman–Crippen LogP) is 4.05. The fraction of sp³-hybridized carbons (Fsp3) is 0.455. The Bertz CT molecular complexity index is 983. The van der Waals surface area contributed by atoms with Gasteiger partial charge in [-0.3, -0.25) is 4.79 Å². The first kappa shape index (κ1) is 19.0. The number of hydrogen-bond donors (Lipinski definition) is 1. The highest BCUT2D eigenvalue weighted by Crippen LogP contribution is 2.54. The van der Waals surface area contributed by atoms with Gasteiger partial charge in [-0.1, -0.05) is 24.6 Å². The van der Waals surface area contributed by atoms with E-state index in [-0.39, 0.29) is 40.7 Å². The van der Waals surface area contributed by atoms with Crippen molar-refractivity contribution in [3.8, 4) is 11.6 Å². The van der Waals surface area contributed by atoms with Gasteiger partial charge in [0.25, 0.3) is 5.88 Å². The van der Waals surface area contributed by atoms with Crippen molar-refractivity contribution in [1.82, 2.24) is 4.98 Å². The molecule has 1 saturated carbocycles. The first-order chi connectivity index (χ1) is 14.0. The van der Waals surface area contributed by atoms with Crippen LogP contribution < -0.4 is 4.74 Å². The fourth-order valence-electron chi connectivity index (χ4n) is 5.29. The van der Waals surface area contributed by atoms with E-state index in [1.54, 1.807) is 12.1 Å². The molecule has 6 atom stereocenters. The van der Waals surface area contributed by atoms with Gasteiger partial charge in [0.05, 0.1) is 35.2 Å². The molecular weight excluding hydrogens is 397 g/mol. The van der Waals surface area contributed by atoms with Crippen LogP contribution in [0.2, 0.25) is 5.02 Å². The molecule has 5 nitrogen and oxygen atoms in total. The predicted molar refractivity (Wildman–Crippen MR) is 104 cm³/mol. The minimum atomic E-state index is -0.784. The molecule has 152 valence electrons. The highest BCUT2D eigenvalue weighted by atomic mass is 35.5. The van der Waals surface area contributed by atoms with Gasteiger partial charge in [0.15, 0.2) is 5.82 Å². The molecular formula is C22H21ClFNO4. The van der Waals surface area contributed by atoms with Gasteiger partial charge in [-0.15, -0.1) is 0 Å². The van der Waals surface area contributed by atoms with Crippen molar-refractivity contribution in [3.05, 3.63) is 52.4 Å². The van der Waals surface area contributed by atoms with Crippen molar-refractivity contribution in [3.63, 3.8) is 0 Å². The zero-order chi connectivity index (χ0) is 20.3. The zero-order valence-corrected chi connectivity index (χ0v) is 16.6. The van der Waals surface area contributed by atoms with Gasteiger partial charge in [0, 0.05) is 12.1 Å². The third-order valence-electron chi connectivity index (χ3n) is 6.52. The number of halogens is 2. The van der Waals surface area contributed by atoms with Crippen LogP contribution in [-0.4, -0.2) is 34.2 Å². The maximum Gasteiger partial charge on any atom is 0.255 e. The fourth-order valence-corrected chi connectivity index (χ4v) is 5.44. The largest absolute Gasteiger partial charge is 0.436 e. The molecule has 6 unspecified atom stereocenters. The molecule has 1 aromatic heterocycles. The summed E-state index contributed by atoms with van der Waals surface area (Å²) in [6, 6.07) is 6.44. The molecule has 3 fully saturated rings. The number of aromatic nitrogens is 1. The Balaban J connectivity index is 1.49. The Morgan fingerprint density at radius 3 is 2.83 bits per heavy atom. The Morgan fingerprint density at radius 2 is 2.10 bits per heavy atom. The van der Waals surface area contributed by atoms with Crippen molar-refractivity contribution in [2.45, 2.75) is 50.4 Å². The number of aliphatic hydroxyl groups is 1. The summed E-state index contributed by atoms with van der Waals surface area (Å²) < 4.78 is 25.6. The molecule has 0 amide bonds. The number of aryl methyl sites for hydroxylation is 1. The molecule has 2 aliphatic heterocycles. The first-order valence-corrected chi connectivity index (χ1v) is 10.3. The summed E-state index contributed by atoms with van der Waals surface area (Å²) in [6.07, 6.45) is 2.89. The molecule has 0 radical (unpaired) electrons. The lowest BCUT2D eigenvalue weighted by molar-refractivity contribution is -0.124. The van der Waals surface area contributed by atoms with E-state index < -0.39 is 17.8 Å². The number of carbonyl (C=O) groups is 1. The first-order valence-electron chi connectivity index (χ1n) is 9.97. The van der Waals surface area contributed by atoms with E-state index in [1.165, 1.54) is 6.20 Å². The Labute approximate surface area is 172 Å². The molecule has 1 aliphatic carbocycles. The summed E-state index contributed by atoms with van der Waals surface area (Å²) in [6.45, 7) is 2.00. The molecule has 5 rings (SSSR count). The van der Waals surface area contributed by atoms with Crippen LogP contribution in [0.3, 0.4) is 0 Å². The lowest BCUT2D eigenvalue weighted by Gasteiger charge is -2.23. The third-order valence-corrected chi connectivity index (χ3v) is 6.73. The number of pyridine rings is 1. The second-order valence-corrected chi connectivity index (χ2v) is 8.46. The van der Waals surface area contributed by atoms with Gasteiger partial charge >= 0.3 is 0 Å². The number of aliphatic hydroxyl groups excluding tert-OH is 1. The Kier molecular flexibility index (Phi) is 4.61. The van der Waals surface area contributed by atoms with Gasteiger partial charge < -0.3 is 14.6 Å². The summed E-state index contributed by atoms with van der Waals surface area (Å²) >= 11 is 5.74. The molecule has 3 aliphatic rings. The number of nitrogens with zero attached hydrogens (tertiary/aromatic N) is 1. The van der Waals surface area contributed by atoms with Crippen LogP contribution in [0, 0.1) is 17.7 Å². The van der Waals surface area contributed by atoms with Crippen LogP contribution in [0.1, 0.15) is 36.8 Å². The number of benzene rings is 1. The monoisotopic (exact) mass is 417 g/mol. The van der Waals surface area contributed by atoms with E-state index in [9.17, 15) is 14.3 Å². The smallest absolute Gasteiger partial charge is 0.255 e. The van der Waals surface area contributed by atoms with Crippen molar-refractivity contribution < 1.29 is 23.8 Å². The summed E-state index contributed by atoms with van der Waals surface area (Å²) in [5.74, 6) is -1.45. The van der Waals surface area contributed by atoms with Gasteiger partial charge in [-0.05, 0) is 48.6 Å². The molecule has 2 aromatic rings. The highest BCUT2D eigenvalue weighted by molar-refractivity contribution is 6.30. The number of fused-ring (bicyclic) bond motifs is 5. The van der Waals surface area contributed by atoms with Crippen molar-refractivity contribution in [1.29, 1.82) is 0 Å². The molecule has 2 saturated heterocycles. The van der Waals surface area contributed by atoms with Crippen LogP contribution in [0.25, 0.3) is 0 Å². The quantitative estimate of drug-likeness (QED) is 0.812. The van der Waals surface area contributed by atoms with Crippen molar-refractivity contribution in [2.24, 2.45) is 11.8 Å². The second-order valence-electron chi connectivity index (χ2n) is 8.02. The summed E-state index contributed by atoms with van der Waals surface area (Å²) in [7, 11) is 0. The minimum Gasteiger partial charge on any atom is -0.436 e. The number of carbonyl (C=O) groups excluding carboxylic acids is 1. The molecule has 0 spiro atoms. The summed E-state index contributed by atoms with van der Waals surface area (Å²) in [5.41, 5.74) is 1.71. The molecule has 7 heteroatoms. The Hall–Kier alpha value is -2.02. The van der Waals surface area contributed by atoms with Crippen LogP contribution in [0.5, 0.6) is 11.6 Å². The number of hydrogen-bond acceptors (Lipinski definition) is 5. The van der Waals surface area contributed by atoms with Crippen LogP contribution in [-0.2, 0) is 16.0 Å². The number of ether oxygens (including phenoxy) is 2. The zero-order valence-electron chi connectivity index (χ0n) is 15.8. The molecule has 1 aromatic carbocycles. The van der Waals surface area contributed by atoms with Crippen LogP contribution in [0.4, 0.5) is 4.39 Å². The van der Waals surface area contributed by atoms with E-state index in [1.807, 2.05) is 13.0 Å². The number of rotatable bonds is 4. The SMILES string of the molecule is CCc1ccc(Oc2ncc(Cl)cc2F)cc1C1C(=O)C2C3CCC(O3)C2C1O. The minimum absolute atomic E-state index is 0.0363. The van der Waals surface area contributed by atoms with Gasteiger partial charge in [0.2, 0.25) is 0 Å². The van der Waals surface area contributed by atoms with Crippen LogP contribution >= 0.6 is 11.6 Å². The highest BCUT2D eigenvalue weighted by Gasteiger charge is 2.62. The van der Waals surface area contributed by atoms with E-state index >= 15 is 0 Å². The van der Waals surface area contributed by atoms with Gasteiger partial charge in [-0.2, -0.15) is 0 Å². The number of ketones is 1. The van der Waals surface area contributed by atoms with E-state index in [0.29, 0.717) is 12.2 Å². The molecule has 3 heterocycles. The average molecular weight is 418 g/mol. The van der Waals surface area contributed by atoms with E-state index in [0.717, 1.165) is 30.0 Å². The van der Waals surface area contributed by atoms with Crippen molar-refractivity contribution in [2.75, 3.05) is 0 Å². The second kappa shape index (κ2) is 7.04. The number of Topliss-reactive ketones (excluding diaryl/α,β-unsaturated/α-hetero) is 1. The van der Waals surface area contributed by atoms with Gasteiger partial charge in [0.1, 0.15) is 11.5 Å². The Morgan fingerprint density at radius 1 is 1.31 bits per heavy atom. The van der Waals surface area contributed by atoms with Gasteiger partial charge in [-0.25, -0.2) is 9.37 Å². The molecule has 29 heavy (non-hydrogen) atoms. The lowest BCUT2D eigenvalue weighted by Crippen LogP contribution is -2.31. The summed E-state index contributed by atoms with van der Waals surface area (Å²) in [5, 5.41) is 11.2.